The predicted octanol–water partition coefficient (Wildman–Crippen LogP) is 4.02. The molecular weight excluding hydrogens is 514 g/mol. The molecule has 0 saturated heterocycles. The van der Waals surface area contributed by atoms with Crippen molar-refractivity contribution in [2.45, 2.75) is 31.3 Å². The number of halogens is 1. The highest BCUT2D eigenvalue weighted by Gasteiger charge is 2.33. The summed E-state index contributed by atoms with van der Waals surface area (Å²) >= 11 is 6.23. The minimum atomic E-state index is -4.23. The van der Waals surface area contributed by atoms with Crippen molar-refractivity contribution >= 4 is 39.1 Å². The van der Waals surface area contributed by atoms with Crippen molar-refractivity contribution in [3.63, 3.8) is 0 Å². The van der Waals surface area contributed by atoms with Crippen LogP contribution >= 0.6 is 11.6 Å². The monoisotopic (exact) mass is 543 g/mol. The van der Waals surface area contributed by atoms with Crippen LogP contribution in [-0.2, 0) is 26.2 Å². The fraction of sp³-hybridized carbons (Fsp3) is 0.259. The first-order valence-corrected chi connectivity index (χ1v) is 13.4. The number of nitrogens with zero attached hydrogens (tertiary/aromatic N) is 2. The lowest BCUT2D eigenvalue weighted by molar-refractivity contribution is -0.139. The molecule has 0 bridgehead atoms. The average molecular weight is 544 g/mol. The molecule has 37 heavy (non-hydrogen) atoms. The van der Waals surface area contributed by atoms with Crippen LogP contribution in [0.2, 0.25) is 5.02 Å². The van der Waals surface area contributed by atoms with Gasteiger partial charge in [-0.2, -0.15) is 0 Å². The fourth-order valence-corrected chi connectivity index (χ4v) is 5.36. The van der Waals surface area contributed by atoms with Gasteiger partial charge in [0.15, 0.2) is 0 Å². The number of amides is 2. The van der Waals surface area contributed by atoms with Crippen LogP contribution in [0.1, 0.15) is 18.1 Å². The number of hydrogen-bond donors (Lipinski definition) is 1. The van der Waals surface area contributed by atoms with E-state index in [0.717, 1.165) is 15.4 Å². The van der Waals surface area contributed by atoms with Gasteiger partial charge < -0.3 is 15.0 Å². The van der Waals surface area contributed by atoms with Gasteiger partial charge in [-0.05, 0) is 49.7 Å². The summed E-state index contributed by atoms with van der Waals surface area (Å²) in [6.45, 7) is 2.97. The van der Waals surface area contributed by atoms with Crippen LogP contribution in [0.5, 0.6) is 5.75 Å². The molecule has 10 heteroatoms. The summed E-state index contributed by atoms with van der Waals surface area (Å²) in [7, 11) is -1.34. The maximum Gasteiger partial charge on any atom is 0.264 e. The Morgan fingerprint density at radius 3 is 2.27 bits per heavy atom. The molecule has 0 heterocycles. The van der Waals surface area contributed by atoms with Gasteiger partial charge in [0.2, 0.25) is 11.8 Å². The molecule has 0 unspecified atom stereocenters. The number of nitrogens with one attached hydrogen (secondary N) is 1. The first-order chi connectivity index (χ1) is 17.6. The first kappa shape index (κ1) is 28.0. The summed E-state index contributed by atoms with van der Waals surface area (Å²) in [5.41, 5.74) is 1.78. The van der Waals surface area contributed by atoms with Crippen molar-refractivity contribution in [2.75, 3.05) is 25.0 Å². The van der Waals surface area contributed by atoms with Crippen molar-refractivity contribution in [2.24, 2.45) is 0 Å². The molecule has 0 spiro atoms. The lowest BCUT2D eigenvalue weighted by atomic mass is 10.1. The number of sulfonamides is 1. The second kappa shape index (κ2) is 12.1. The number of carbonyl (C=O) groups excluding carboxylic acids is 2. The van der Waals surface area contributed by atoms with Crippen LogP contribution < -0.4 is 14.4 Å². The molecule has 0 aliphatic rings. The highest BCUT2D eigenvalue weighted by molar-refractivity contribution is 7.92. The van der Waals surface area contributed by atoms with E-state index in [0.29, 0.717) is 0 Å². The maximum absolute atomic E-state index is 13.9. The van der Waals surface area contributed by atoms with Crippen LogP contribution in [0, 0.1) is 6.92 Å². The normalized spacial score (nSPS) is 11.9. The smallest absolute Gasteiger partial charge is 0.264 e. The summed E-state index contributed by atoms with van der Waals surface area (Å²) in [6, 6.07) is 19.2. The van der Waals surface area contributed by atoms with Gasteiger partial charge in [-0.3, -0.25) is 13.9 Å². The number of aryl methyl sites for hydroxylation is 1. The summed E-state index contributed by atoms with van der Waals surface area (Å²) < 4.78 is 34.1. The van der Waals surface area contributed by atoms with Gasteiger partial charge in [-0.25, -0.2) is 8.42 Å². The van der Waals surface area contributed by atoms with Crippen LogP contribution in [0.4, 0.5) is 5.69 Å². The Labute approximate surface area is 222 Å². The maximum atomic E-state index is 13.9. The molecule has 1 atom stereocenters. The minimum Gasteiger partial charge on any atom is -0.495 e. The zero-order valence-corrected chi connectivity index (χ0v) is 22.7. The largest absolute Gasteiger partial charge is 0.495 e. The van der Waals surface area contributed by atoms with Gasteiger partial charge in [0.25, 0.3) is 10.0 Å². The third-order valence-corrected chi connectivity index (χ3v) is 7.92. The first-order valence-electron chi connectivity index (χ1n) is 11.6. The van der Waals surface area contributed by atoms with Crippen LogP contribution in [0.25, 0.3) is 0 Å². The van der Waals surface area contributed by atoms with E-state index in [1.807, 2.05) is 37.3 Å². The van der Waals surface area contributed by atoms with Crippen molar-refractivity contribution in [3.8, 4) is 5.75 Å². The second-order valence-corrected chi connectivity index (χ2v) is 10.7. The zero-order valence-electron chi connectivity index (χ0n) is 21.1. The van der Waals surface area contributed by atoms with E-state index in [4.69, 9.17) is 16.3 Å². The molecule has 0 fully saturated rings. The van der Waals surface area contributed by atoms with Crippen molar-refractivity contribution < 1.29 is 22.7 Å². The second-order valence-electron chi connectivity index (χ2n) is 8.44. The number of hydrogen-bond acceptors (Lipinski definition) is 5. The van der Waals surface area contributed by atoms with Gasteiger partial charge >= 0.3 is 0 Å². The third-order valence-electron chi connectivity index (χ3n) is 5.91. The summed E-state index contributed by atoms with van der Waals surface area (Å²) in [5, 5.41) is 2.83. The van der Waals surface area contributed by atoms with E-state index in [1.54, 1.807) is 25.1 Å². The minimum absolute atomic E-state index is 0.00175. The Morgan fingerprint density at radius 1 is 1.03 bits per heavy atom. The van der Waals surface area contributed by atoms with Crippen molar-refractivity contribution in [1.82, 2.24) is 10.2 Å². The topological polar surface area (TPSA) is 96.0 Å². The number of anilines is 1. The molecule has 3 aromatic carbocycles. The highest BCUT2D eigenvalue weighted by Crippen LogP contribution is 2.35. The van der Waals surface area contributed by atoms with Gasteiger partial charge in [0.05, 0.1) is 17.7 Å². The molecule has 0 aliphatic carbocycles. The SMILES string of the molecule is CNC(=O)[C@@H](C)N(Cc1ccccc1)C(=O)CN(c1cc(Cl)ccc1OC)S(=O)(=O)c1ccc(C)cc1. The lowest BCUT2D eigenvalue weighted by Gasteiger charge is -2.32. The Morgan fingerprint density at radius 2 is 1.68 bits per heavy atom. The third kappa shape index (κ3) is 6.61. The molecule has 2 amide bonds. The molecular formula is C27H30ClN3O5S. The standard InChI is InChI=1S/C27H30ClN3O5S/c1-19-10-13-23(14-11-19)37(34,35)31(24-16-22(28)12-15-25(24)36-4)18-26(32)30(20(2)27(33)29-3)17-21-8-6-5-7-9-21/h5-16,20H,17-18H2,1-4H3,(H,29,33)/t20-/m1/s1. The molecule has 1 N–H and O–H groups in total. The Bertz CT molecular complexity index is 1350. The molecule has 0 aromatic heterocycles. The van der Waals surface area contributed by atoms with E-state index in [2.05, 4.69) is 5.32 Å². The zero-order chi connectivity index (χ0) is 27.2. The van der Waals surface area contributed by atoms with Gasteiger partial charge in [-0.1, -0.05) is 59.6 Å². The number of ether oxygens (including phenoxy) is 1. The van der Waals surface area contributed by atoms with Gasteiger partial charge in [0.1, 0.15) is 18.3 Å². The number of rotatable bonds is 10. The molecule has 3 rings (SSSR count). The summed E-state index contributed by atoms with van der Waals surface area (Å²) in [6.07, 6.45) is 0. The van der Waals surface area contributed by atoms with Crippen LogP contribution in [-0.4, -0.2) is 51.9 Å². The predicted molar refractivity (Wildman–Crippen MR) is 144 cm³/mol. The number of likely N-dealkylation sites (N-methyl/N-ethyl adjacent to an activating group) is 1. The number of benzene rings is 3. The lowest BCUT2D eigenvalue weighted by Crippen LogP contribution is -2.50. The van der Waals surface area contributed by atoms with E-state index in [-0.39, 0.29) is 33.8 Å². The average Bonchev–Trinajstić information content (AvgIpc) is 2.90. The molecule has 0 radical (unpaired) electrons. The van der Waals surface area contributed by atoms with Gasteiger partial charge in [0, 0.05) is 18.6 Å². The van der Waals surface area contributed by atoms with Crippen LogP contribution in [0.3, 0.4) is 0 Å². The molecule has 0 aliphatic heterocycles. The molecule has 196 valence electrons. The Kier molecular flexibility index (Phi) is 9.18. The van der Waals surface area contributed by atoms with E-state index in [9.17, 15) is 18.0 Å². The summed E-state index contributed by atoms with van der Waals surface area (Å²) in [4.78, 5) is 27.7. The van der Waals surface area contributed by atoms with Gasteiger partial charge in [-0.15, -0.1) is 0 Å². The van der Waals surface area contributed by atoms with Crippen LogP contribution in [0.15, 0.2) is 77.7 Å². The number of carbonyl (C=O) groups is 2. The van der Waals surface area contributed by atoms with E-state index in [1.165, 1.54) is 43.3 Å². The Hall–Kier alpha value is -3.56. The highest BCUT2D eigenvalue weighted by atomic mass is 35.5. The van der Waals surface area contributed by atoms with E-state index < -0.39 is 28.5 Å². The van der Waals surface area contributed by atoms with E-state index >= 15 is 0 Å². The van der Waals surface area contributed by atoms with Crippen molar-refractivity contribution in [1.29, 1.82) is 0 Å². The summed E-state index contributed by atoms with van der Waals surface area (Å²) in [5.74, 6) is -0.725. The molecule has 0 saturated carbocycles. The number of methoxy groups -OCH3 is 1. The molecule has 8 nitrogen and oxygen atoms in total. The molecule has 3 aromatic rings. The quantitative estimate of drug-likeness (QED) is 0.417. The Balaban J connectivity index is 2.10. The fourth-order valence-electron chi connectivity index (χ4n) is 3.78. The van der Waals surface area contributed by atoms with Crippen molar-refractivity contribution in [3.05, 3.63) is 88.9 Å².